The topological polar surface area (TPSA) is 0 Å². The van der Waals surface area contributed by atoms with Crippen LogP contribution in [0.5, 0.6) is 0 Å². The second-order valence-electron chi connectivity index (χ2n) is 8.08. The molecule has 0 aromatic heterocycles. The molecule has 7 atom stereocenters. The Bertz CT molecular complexity index is 346. The summed E-state index contributed by atoms with van der Waals surface area (Å²) in [5.41, 5.74) is 0. The van der Waals surface area contributed by atoms with E-state index in [-0.39, 0.29) is 0 Å². The van der Waals surface area contributed by atoms with Crippen LogP contribution < -0.4 is 0 Å². The van der Waals surface area contributed by atoms with Crippen molar-refractivity contribution in [3.63, 3.8) is 0 Å². The molecule has 3 rings (SSSR count). The number of thioether (sulfide) groups is 1. The Morgan fingerprint density at radius 3 is 2.36 bits per heavy atom. The highest BCUT2D eigenvalue weighted by atomic mass is 32.2. The van der Waals surface area contributed by atoms with Crippen molar-refractivity contribution in [2.75, 3.05) is 11.5 Å². The van der Waals surface area contributed by atoms with E-state index >= 15 is 0 Å². The van der Waals surface area contributed by atoms with Crippen molar-refractivity contribution < 1.29 is 0 Å². The van der Waals surface area contributed by atoms with Gasteiger partial charge in [0.15, 0.2) is 0 Å². The maximum Gasteiger partial charge on any atom is 0.00504 e. The van der Waals surface area contributed by atoms with Gasteiger partial charge in [-0.2, -0.15) is 37.0 Å². The van der Waals surface area contributed by atoms with Crippen LogP contribution in [0.3, 0.4) is 0 Å². The molecule has 7 unspecified atom stereocenters. The zero-order valence-corrected chi connectivity index (χ0v) is 16.7. The molecule has 0 amide bonds. The summed E-state index contributed by atoms with van der Waals surface area (Å²) in [6.07, 6.45) is 12.9. The van der Waals surface area contributed by atoms with Crippen molar-refractivity contribution in [1.82, 2.24) is 0 Å². The summed E-state index contributed by atoms with van der Waals surface area (Å²) in [6, 6.07) is 0. The first-order valence-corrected chi connectivity index (χ1v) is 11.8. The highest BCUT2D eigenvalue weighted by molar-refractivity contribution is 7.99. The van der Waals surface area contributed by atoms with Crippen molar-refractivity contribution in [2.24, 2.45) is 29.6 Å². The van der Waals surface area contributed by atoms with E-state index in [1.807, 2.05) is 0 Å². The monoisotopic (exact) mass is 358 g/mol. The SMILES string of the molecule is CCC1C(S)CCCC1CCSCCC1CC2CC(S)C1C2. The van der Waals surface area contributed by atoms with E-state index in [0.29, 0.717) is 5.25 Å². The summed E-state index contributed by atoms with van der Waals surface area (Å²) < 4.78 is 0. The molecule has 0 heterocycles. The normalized spacial score (nSPS) is 44.6. The van der Waals surface area contributed by atoms with Gasteiger partial charge in [0.05, 0.1) is 0 Å². The van der Waals surface area contributed by atoms with Crippen LogP contribution in [0, 0.1) is 29.6 Å². The maximum atomic E-state index is 4.84. The first-order chi connectivity index (χ1) is 10.7. The highest BCUT2D eigenvalue weighted by Gasteiger charge is 2.44. The molecule has 22 heavy (non-hydrogen) atoms. The molecule has 0 N–H and O–H groups in total. The van der Waals surface area contributed by atoms with Crippen LogP contribution in [0.4, 0.5) is 0 Å². The van der Waals surface area contributed by atoms with Crippen molar-refractivity contribution in [3.8, 4) is 0 Å². The molecule has 3 aliphatic rings. The first-order valence-electron chi connectivity index (χ1n) is 9.62. The predicted octanol–water partition coefficient (Wildman–Crippen LogP) is 5.97. The van der Waals surface area contributed by atoms with Gasteiger partial charge in [-0.05, 0) is 79.6 Å². The van der Waals surface area contributed by atoms with Crippen molar-refractivity contribution in [3.05, 3.63) is 0 Å². The second-order valence-corrected chi connectivity index (χ2v) is 10.6. The molecule has 3 saturated carbocycles. The molecule has 0 spiro atoms. The highest BCUT2D eigenvalue weighted by Crippen LogP contribution is 2.51. The minimum Gasteiger partial charge on any atom is -0.176 e. The Hall–Kier alpha value is 1.05. The van der Waals surface area contributed by atoms with E-state index in [1.54, 1.807) is 0 Å². The fourth-order valence-corrected chi connectivity index (χ4v) is 8.10. The summed E-state index contributed by atoms with van der Waals surface area (Å²) in [4.78, 5) is 0. The zero-order valence-electron chi connectivity index (χ0n) is 14.1. The summed E-state index contributed by atoms with van der Waals surface area (Å²) in [5, 5.41) is 1.41. The van der Waals surface area contributed by atoms with Crippen molar-refractivity contribution in [2.45, 2.75) is 75.2 Å². The molecule has 3 heteroatoms. The lowest BCUT2D eigenvalue weighted by atomic mass is 9.76. The zero-order chi connectivity index (χ0) is 15.5. The third-order valence-electron chi connectivity index (χ3n) is 6.83. The third-order valence-corrected chi connectivity index (χ3v) is 9.11. The van der Waals surface area contributed by atoms with Gasteiger partial charge in [0, 0.05) is 10.5 Å². The van der Waals surface area contributed by atoms with E-state index in [1.165, 1.54) is 69.3 Å². The summed E-state index contributed by atoms with van der Waals surface area (Å²) in [5.74, 6) is 7.61. The maximum absolute atomic E-state index is 4.84. The van der Waals surface area contributed by atoms with Crippen molar-refractivity contribution in [1.29, 1.82) is 0 Å². The van der Waals surface area contributed by atoms with E-state index in [2.05, 4.69) is 18.7 Å². The molecule has 0 radical (unpaired) electrons. The minimum absolute atomic E-state index is 0.676. The van der Waals surface area contributed by atoms with E-state index in [4.69, 9.17) is 25.3 Å². The number of fused-ring (bicyclic) bond motifs is 2. The number of hydrogen-bond donors (Lipinski definition) is 2. The molecule has 3 aliphatic carbocycles. The second kappa shape index (κ2) is 8.43. The lowest BCUT2D eigenvalue weighted by molar-refractivity contribution is 0.235. The summed E-state index contributed by atoms with van der Waals surface area (Å²) in [7, 11) is 0. The lowest BCUT2D eigenvalue weighted by Gasteiger charge is -2.35. The van der Waals surface area contributed by atoms with Crippen molar-refractivity contribution >= 4 is 37.0 Å². The predicted molar refractivity (Wildman–Crippen MR) is 108 cm³/mol. The van der Waals surface area contributed by atoms with Gasteiger partial charge < -0.3 is 0 Å². The molecular weight excluding hydrogens is 324 g/mol. The van der Waals surface area contributed by atoms with Gasteiger partial charge in [0.2, 0.25) is 0 Å². The van der Waals surface area contributed by atoms with Gasteiger partial charge in [0.1, 0.15) is 0 Å². The van der Waals surface area contributed by atoms with Crippen LogP contribution in [0.25, 0.3) is 0 Å². The number of hydrogen-bond acceptors (Lipinski definition) is 3. The quantitative estimate of drug-likeness (QED) is 0.417. The van der Waals surface area contributed by atoms with Gasteiger partial charge in [0.25, 0.3) is 0 Å². The first kappa shape index (κ1) is 17.9. The van der Waals surface area contributed by atoms with Crippen LogP contribution in [0.15, 0.2) is 0 Å². The van der Waals surface area contributed by atoms with E-state index < -0.39 is 0 Å². The van der Waals surface area contributed by atoms with Crippen LogP contribution in [-0.4, -0.2) is 22.0 Å². The van der Waals surface area contributed by atoms with E-state index in [9.17, 15) is 0 Å². The standard InChI is InChI=1S/C19H34S3/c1-2-16-14(4-3-5-18(16)20)6-8-22-9-7-15-10-13-11-17(15)19(21)12-13/h13-21H,2-12H2,1H3. The van der Waals surface area contributed by atoms with Gasteiger partial charge in [-0.15, -0.1) is 0 Å². The molecule has 0 aromatic rings. The Morgan fingerprint density at radius 2 is 1.68 bits per heavy atom. The molecule has 0 aromatic carbocycles. The molecule has 0 saturated heterocycles. The Balaban J connectivity index is 1.31. The Morgan fingerprint density at radius 1 is 0.909 bits per heavy atom. The molecule has 3 fully saturated rings. The van der Waals surface area contributed by atoms with Crippen LogP contribution in [-0.2, 0) is 0 Å². The molecular formula is C19H34S3. The molecule has 0 nitrogen and oxygen atoms in total. The van der Waals surface area contributed by atoms with Gasteiger partial charge in [-0.3, -0.25) is 0 Å². The van der Waals surface area contributed by atoms with Crippen LogP contribution in [0.1, 0.15) is 64.7 Å². The van der Waals surface area contributed by atoms with Crippen LogP contribution >= 0.6 is 37.0 Å². The average molecular weight is 359 g/mol. The fraction of sp³-hybridized carbons (Fsp3) is 1.00. The minimum atomic E-state index is 0.676. The summed E-state index contributed by atoms with van der Waals surface area (Å²) in [6.45, 7) is 2.36. The van der Waals surface area contributed by atoms with Gasteiger partial charge in [-0.25, -0.2) is 0 Å². The molecule has 128 valence electrons. The Labute approximate surface area is 153 Å². The van der Waals surface area contributed by atoms with Gasteiger partial charge >= 0.3 is 0 Å². The summed E-state index contributed by atoms with van der Waals surface area (Å²) >= 11 is 11.9. The molecule has 2 bridgehead atoms. The van der Waals surface area contributed by atoms with E-state index in [0.717, 1.165) is 34.8 Å². The smallest absolute Gasteiger partial charge is 0.00504 e. The third kappa shape index (κ3) is 4.17. The fourth-order valence-electron chi connectivity index (χ4n) is 5.66. The number of thiol groups is 2. The largest absolute Gasteiger partial charge is 0.176 e. The number of rotatable bonds is 7. The Kier molecular flexibility index (Phi) is 6.84. The average Bonchev–Trinajstić information content (AvgIpc) is 3.06. The van der Waals surface area contributed by atoms with Crippen LogP contribution in [0.2, 0.25) is 0 Å². The molecule has 0 aliphatic heterocycles. The lowest BCUT2D eigenvalue weighted by Crippen LogP contribution is -2.29. The van der Waals surface area contributed by atoms with Gasteiger partial charge in [-0.1, -0.05) is 26.2 Å².